The van der Waals surface area contributed by atoms with Gasteiger partial charge < -0.3 is 29.6 Å². The van der Waals surface area contributed by atoms with Crippen LogP contribution in [0.1, 0.15) is 16.8 Å². The van der Waals surface area contributed by atoms with Gasteiger partial charge in [-0.3, -0.25) is 4.79 Å². The van der Waals surface area contributed by atoms with Crippen molar-refractivity contribution < 1.29 is 23.7 Å². The van der Waals surface area contributed by atoms with Gasteiger partial charge in [-0.1, -0.05) is 11.6 Å². The maximum absolute atomic E-state index is 12.7. The lowest BCUT2D eigenvalue weighted by Gasteiger charge is -2.31. The van der Waals surface area contributed by atoms with Crippen molar-refractivity contribution in [1.29, 1.82) is 0 Å². The van der Waals surface area contributed by atoms with Gasteiger partial charge in [0.2, 0.25) is 5.75 Å². The second kappa shape index (κ2) is 8.12. The Kier molecular flexibility index (Phi) is 5.88. The van der Waals surface area contributed by atoms with Gasteiger partial charge in [0.25, 0.3) is 5.91 Å². The summed E-state index contributed by atoms with van der Waals surface area (Å²) in [5.41, 5.74) is 0.350. The zero-order chi connectivity index (χ0) is 17.8. The molecule has 0 saturated carbocycles. The Morgan fingerprint density at radius 2 is 2.12 bits per heavy atom. The summed E-state index contributed by atoms with van der Waals surface area (Å²) in [7, 11) is 3.19. The smallest absolute Gasteiger partial charge is 0.255 e. The number of carbonyl (C=O) groups excluding carboxylic acids is 1. The number of carbonyl (C=O) groups is 1. The standard InChI is InChI=1S/C17H23ClN2O5/c1-22-13-9-19-4-3-10(13)8-20-17(21)11-7-12(18)15(23-2)16-14(11)24-5-6-25-16/h7,10,13,19H,3-6,8-9H2,1-2H3,(H,20,21)/t10-,13+/m0/s1. The van der Waals surface area contributed by atoms with E-state index in [1.165, 1.54) is 7.11 Å². The number of nitrogens with one attached hydrogen (secondary N) is 2. The lowest BCUT2D eigenvalue weighted by atomic mass is 9.94. The lowest BCUT2D eigenvalue weighted by Crippen LogP contribution is -2.46. The molecule has 0 unspecified atom stereocenters. The van der Waals surface area contributed by atoms with Gasteiger partial charge >= 0.3 is 0 Å². The van der Waals surface area contributed by atoms with E-state index in [2.05, 4.69) is 10.6 Å². The Hall–Kier alpha value is -1.70. The summed E-state index contributed by atoms with van der Waals surface area (Å²) in [4.78, 5) is 12.7. The quantitative estimate of drug-likeness (QED) is 0.817. The summed E-state index contributed by atoms with van der Waals surface area (Å²) in [5, 5.41) is 6.57. The molecule has 2 aliphatic rings. The van der Waals surface area contributed by atoms with Crippen molar-refractivity contribution in [2.45, 2.75) is 12.5 Å². The van der Waals surface area contributed by atoms with Gasteiger partial charge in [-0.15, -0.1) is 0 Å². The van der Waals surface area contributed by atoms with Crippen molar-refractivity contribution in [2.24, 2.45) is 5.92 Å². The molecular weight excluding hydrogens is 348 g/mol. The summed E-state index contributed by atoms with van der Waals surface area (Å²) < 4.78 is 22.0. The highest BCUT2D eigenvalue weighted by Gasteiger charge is 2.29. The number of fused-ring (bicyclic) bond motifs is 1. The van der Waals surface area contributed by atoms with Crippen LogP contribution in [-0.2, 0) is 4.74 Å². The number of halogens is 1. The Morgan fingerprint density at radius 3 is 2.84 bits per heavy atom. The summed E-state index contributed by atoms with van der Waals surface area (Å²) in [6.07, 6.45) is 1.03. The molecule has 1 amide bonds. The average molecular weight is 371 g/mol. The fourth-order valence-corrected chi connectivity index (χ4v) is 3.50. The summed E-state index contributed by atoms with van der Waals surface area (Å²) in [6, 6.07) is 1.56. The molecule has 0 radical (unpaired) electrons. The van der Waals surface area contributed by atoms with E-state index in [-0.39, 0.29) is 17.9 Å². The van der Waals surface area contributed by atoms with Gasteiger partial charge in [0.15, 0.2) is 11.5 Å². The van der Waals surface area contributed by atoms with E-state index < -0.39 is 0 Å². The van der Waals surface area contributed by atoms with E-state index in [9.17, 15) is 4.79 Å². The van der Waals surface area contributed by atoms with Crippen molar-refractivity contribution in [3.8, 4) is 17.2 Å². The van der Waals surface area contributed by atoms with Gasteiger partial charge in [-0.2, -0.15) is 0 Å². The van der Waals surface area contributed by atoms with Crippen LogP contribution in [0.15, 0.2) is 6.07 Å². The second-order valence-corrected chi connectivity index (χ2v) is 6.44. The molecule has 7 nitrogen and oxygen atoms in total. The average Bonchev–Trinajstić information content (AvgIpc) is 2.65. The van der Waals surface area contributed by atoms with E-state index in [1.807, 2.05) is 0 Å². The van der Waals surface area contributed by atoms with Crippen molar-refractivity contribution in [3.63, 3.8) is 0 Å². The van der Waals surface area contributed by atoms with Gasteiger partial charge in [-0.05, 0) is 19.0 Å². The van der Waals surface area contributed by atoms with Crippen LogP contribution >= 0.6 is 11.6 Å². The van der Waals surface area contributed by atoms with Crippen LogP contribution in [0.4, 0.5) is 0 Å². The topological polar surface area (TPSA) is 78.1 Å². The predicted molar refractivity (Wildman–Crippen MR) is 93.1 cm³/mol. The third-order valence-corrected chi connectivity index (χ3v) is 4.84. The minimum Gasteiger partial charge on any atom is -0.491 e. The van der Waals surface area contributed by atoms with Crippen LogP contribution in [-0.4, -0.2) is 59.1 Å². The molecule has 2 N–H and O–H groups in total. The molecule has 0 spiro atoms. The summed E-state index contributed by atoms with van der Waals surface area (Å²) in [5.74, 6) is 1.14. The Morgan fingerprint density at radius 1 is 1.36 bits per heavy atom. The molecular formula is C17H23ClN2O5. The van der Waals surface area contributed by atoms with E-state index in [0.29, 0.717) is 47.6 Å². The van der Waals surface area contributed by atoms with Crippen molar-refractivity contribution in [2.75, 3.05) is 47.1 Å². The molecule has 8 heteroatoms. The fraction of sp³-hybridized carbons (Fsp3) is 0.588. The molecule has 1 aromatic rings. The van der Waals surface area contributed by atoms with Crippen molar-refractivity contribution >= 4 is 17.5 Å². The third-order valence-electron chi connectivity index (χ3n) is 4.56. The van der Waals surface area contributed by atoms with E-state index in [0.717, 1.165) is 19.5 Å². The van der Waals surface area contributed by atoms with Gasteiger partial charge in [-0.25, -0.2) is 0 Å². The van der Waals surface area contributed by atoms with Gasteiger partial charge in [0, 0.05) is 26.1 Å². The van der Waals surface area contributed by atoms with Crippen molar-refractivity contribution in [1.82, 2.24) is 10.6 Å². The second-order valence-electron chi connectivity index (χ2n) is 6.03. The van der Waals surface area contributed by atoms with Crippen LogP contribution in [0, 0.1) is 5.92 Å². The van der Waals surface area contributed by atoms with Gasteiger partial charge in [0.1, 0.15) is 13.2 Å². The van der Waals surface area contributed by atoms with Gasteiger partial charge in [0.05, 0.1) is 23.8 Å². The number of hydrogen-bond acceptors (Lipinski definition) is 6. The van der Waals surface area contributed by atoms with Crippen LogP contribution in [0.5, 0.6) is 17.2 Å². The minimum atomic E-state index is -0.250. The predicted octanol–water partition coefficient (Wildman–Crippen LogP) is 1.47. The summed E-state index contributed by atoms with van der Waals surface area (Å²) >= 11 is 6.24. The molecule has 1 saturated heterocycles. The number of hydrogen-bond donors (Lipinski definition) is 2. The number of methoxy groups -OCH3 is 2. The SMILES string of the molecule is COc1c(Cl)cc(C(=O)NC[C@@H]2CCNC[C@H]2OC)c2c1OCCO2. The molecule has 3 rings (SSSR count). The normalized spacial score (nSPS) is 22.4. The Bertz CT molecular complexity index is 640. The highest BCUT2D eigenvalue weighted by molar-refractivity contribution is 6.33. The monoisotopic (exact) mass is 370 g/mol. The molecule has 1 aromatic carbocycles. The summed E-state index contributed by atoms with van der Waals surface area (Å²) in [6.45, 7) is 2.99. The van der Waals surface area contributed by atoms with Crippen LogP contribution in [0.2, 0.25) is 5.02 Å². The van der Waals surface area contributed by atoms with E-state index >= 15 is 0 Å². The number of piperidine rings is 1. The molecule has 0 bridgehead atoms. The maximum atomic E-state index is 12.7. The number of benzene rings is 1. The van der Waals surface area contributed by atoms with Crippen LogP contribution < -0.4 is 24.8 Å². The Balaban J connectivity index is 1.77. The molecule has 138 valence electrons. The van der Waals surface area contributed by atoms with Crippen molar-refractivity contribution in [3.05, 3.63) is 16.7 Å². The molecule has 0 aromatic heterocycles. The third kappa shape index (κ3) is 3.78. The number of ether oxygens (including phenoxy) is 4. The van der Waals surface area contributed by atoms with Crippen LogP contribution in [0.3, 0.4) is 0 Å². The molecule has 2 atom stereocenters. The van der Waals surface area contributed by atoms with Crippen LogP contribution in [0.25, 0.3) is 0 Å². The molecule has 2 aliphatic heterocycles. The maximum Gasteiger partial charge on any atom is 0.255 e. The number of amides is 1. The molecule has 25 heavy (non-hydrogen) atoms. The molecule has 2 heterocycles. The first-order chi connectivity index (χ1) is 12.2. The first-order valence-corrected chi connectivity index (χ1v) is 8.71. The zero-order valence-corrected chi connectivity index (χ0v) is 15.1. The first-order valence-electron chi connectivity index (χ1n) is 8.33. The van der Waals surface area contributed by atoms with E-state index in [4.69, 9.17) is 30.5 Å². The minimum absolute atomic E-state index is 0.0852. The fourth-order valence-electron chi connectivity index (χ4n) is 3.23. The lowest BCUT2D eigenvalue weighted by molar-refractivity contribution is 0.0337. The largest absolute Gasteiger partial charge is 0.491 e. The van der Waals surface area contributed by atoms with E-state index in [1.54, 1.807) is 13.2 Å². The molecule has 0 aliphatic carbocycles. The first kappa shape index (κ1) is 18.1. The highest BCUT2D eigenvalue weighted by atomic mass is 35.5. The zero-order valence-electron chi connectivity index (χ0n) is 14.4. The Labute approximate surface area is 151 Å². The highest BCUT2D eigenvalue weighted by Crippen LogP contribution is 2.46. The number of rotatable bonds is 5. The molecule has 1 fully saturated rings.